The van der Waals surface area contributed by atoms with Crippen molar-refractivity contribution in [3.05, 3.63) is 33.4 Å². The third kappa shape index (κ3) is 2.12. The Morgan fingerprint density at radius 3 is 2.38 bits per heavy atom. The van der Waals surface area contributed by atoms with Crippen LogP contribution in [0.1, 0.15) is 5.56 Å². The van der Waals surface area contributed by atoms with Crippen molar-refractivity contribution in [2.45, 2.75) is 0 Å². The molecule has 1 nitrogen and oxygen atoms in total. The van der Waals surface area contributed by atoms with E-state index in [1.54, 1.807) is 0 Å². The molecule has 0 saturated carbocycles. The van der Waals surface area contributed by atoms with Crippen LogP contribution in [-0.2, 0) is 0 Å². The summed E-state index contributed by atoms with van der Waals surface area (Å²) in [5, 5.41) is 0.760. The average molecular weight is 392 g/mol. The van der Waals surface area contributed by atoms with Crippen LogP contribution in [0.5, 0.6) is 0 Å². The van der Waals surface area contributed by atoms with E-state index in [0.29, 0.717) is 0 Å². The molecule has 0 amide bonds. The Morgan fingerprint density at radius 1 is 1.19 bits per heavy atom. The number of fused-ring (bicyclic) bond motifs is 1. The quantitative estimate of drug-likeness (QED) is 0.700. The summed E-state index contributed by atoms with van der Waals surface area (Å²) < 4.78 is 2.11. The number of likely N-dealkylation sites (N-methyl/N-ethyl adjacent to an activating group) is 1. The van der Waals surface area contributed by atoms with E-state index in [9.17, 15) is 0 Å². The van der Waals surface area contributed by atoms with Gasteiger partial charge in [0.2, 0.25) is 0 Å². The average Bonchev–Trinajstić information content (AvgIpc) is 2.41. The molecule has 0 unspecified atom stereocenters. The summed E-state index contributed by atoms with van der Waals surface area (Å²) in [6.07, 6.45) is 0. The second kappa shape index (κ2) is 4.69. The summed E-state index contributed by atoms with van der Waals surface area (Å²) in [5.41, 5.74) is 1.02. The third-order valence-corrected chi connectivity index (χ3v) is 13.2. The van der Waals surface area contributed by atoms with Crippen LogP contribution in [0.2, 0.25) is 0 Å². The van der Waals surface area contributed by atoms with E-state index in [1.165, 1.54) is 0 Å². The van der Waals surface area contributed by atoms with Gasteiger partial charge in [0, 0.05) is 0 Å². The topological polar surface area (TPSA) is 3.24 Å². The van der Waals surface area contributed by atoms with Crippen LogP contribution < -0.4 is 3.61 Å². The van der Waals surface area contributed by atoms with Gasteiger partial charge in [-0.3, -0.25) is 0 Å². The van der Waals surface area contributed by atoms with Gasteiger partial charge in [0.25, 0.3) is 0 Å². The van der Waals surface area contributed by atoms with Crippen molar-refractivity contribution < 1.29 is 0 Å². The Hall–Kier alpha value is 0.580. The molecule has 16 heavy (non-hydrogen) atoms. The number of benzene rings is 1. The van der Waals surface area contributed by atoms with Crippen LogP contribution in [0.25, 0.3) is 5.03 Å². The predicted molar refractivity (Wildman–Crippen MR) is 74.9 cm³/mol. The van der Waals surface area contributed by atoms with Crippen molar-refractivity contribution >= 4 is 54.1 Å². The molecule has 88 valence electrons. The zero-order valence-corrected chi connectivity index (χ0v) is 13.6. The van der Waals surface area contributed by atoms with Gasteiger partial charge in [-0.15, -0.1) is 0 Å². The minimum absolute atomic E-state index is 0.738. The molecule has 0 saturated heterocycles. The first-order chi connectivity index (χ1) is 7.44. The molecule has 0 fully saturated rings. The van der Waals surface area contributed by atoms with Crippen LogP contribution in [0.15, 0.2) is 27.9 Å². The molecule has 1 heterocycles. The van der Waals surface area contributed by atoms with Crippen LogP contribution in [0, 0.1) is 0 Å². The van der Waals surface area contributed by atoms with Gasteiger partial charge in [0.1, 0.15) is 0 Å². The molecule has 0 bridgehead atoms. The van der Waals surface area contributed by atoms with Gasteiger partial charge >= 0.3 is 113 Å². The summed E-state index contributed by atoms with van der Waals surface area (Å²) >= 11 is 3.23. The fourth-order valence-corrected chi connectivity index (χ4v) is 11.8. The number of hydrogen-bond acceptors (Lipinski definition) is 1. The first kappa shape index (κ1) is 13.0. The SMILES string of the molecule is CN(C)CC1=C(Cl)c2ccccc2[Te]1(Cl)Cl. The van der Waals surface area contributed by atoms with E-state index in [1.807, 2.05) is 38.4 Å². The molecule has 2 rings (SSSR count). The fourth-order valence-electron chi connectivity index (χ4n) is 1.70. The summed E-state index contributed by atoms with van der Waals surface area (Å²) in [5.74, 6) is 0. The molecule has 1 aliphatic heterocycles. The maximum absolute atomic E-state index is 6.59. The van der Waals surface area contributed by atoms with Crippen LogP contribution in [-0.4, -0.2) is 41.5 Å². The second-order valence-corrected chi connectivity index (χ2v) is 16.9. The van der Waals surface area contributed by atoms with Crippen LogP contribution in [0.4, 0.5) is 0 Å². The molecular weight excluding hydrogens is 380 g/mol. The molecule has 1 aromatic rings. The van der Waals surface area contributed by atoms with Crippen molar-refractivity contribution in [3.8, 4) is 0 Å². The monoisotopic (exact) mass is 393 g/mol. The Morgan fingerprint density at radius 2 is 1.81 bits per heavy atom. The van der Waals surface area contributed by atoms with Gasteiger partial charge in [-0.1, -0.05) is 0 Å². The van der Waals surface area contributed by atoms with Crippen molar-refractivity contribution in [3.63, 3.8) is 0 Å². The van der Waals surface area contributed by atoms with E-state index in [-0.39, 0.29) is 0 Å². The first-order valence-electron chi connectivity index (χ1n) is 4.80. The summed E-state index contributed by atoms with van der Waals surface area (Å²) in [6, 6.07) is 7.92. The van der Waals surface area contributed by atoms with Gasteiger partial charge < -0.3 is 0 Å². The molecular formula is C11H12Cl3NTe. The van der Waals surface area contributed by atoms with Gasteiger partial charge in [-0.05, 0) is 0 Å². The second-order valence-electron chi connectivity index (χ2n) is 3.94. The normalized spacial score (nSPS) is 20.1. The van der Waals surface area contributed by atoms with E-state index in [4.69, 9.17) is 29.5 Å². The third-order valence-electron chi connectivity index (χ3n) is 2.41. The first-order valence-corrected chi connectivity index (χ1v) is 13.4. The van der Waals surface area contributed by atoms with E-state index in [0.717, 1.165) is 24.4 Å². The van der Waals surface area contributed by atoms with E-state index in [2.05, 4.69) is 4.90 Å². The zero-order chi connectivity index (χ0) is 11.9. The summed E-state index contributed by atoms with van der Waals surface area (Å²) in [4.78, 5) is 2.05. The Balaban J connectivity index is 2.53. The molecule has 1 aliphatic rings. The van der Waals surface area contributed by atoms with Crippen molar-refractivity contribution in [1.82, 2.24) is 4.90 Å². The van der Waals surface area contributed by atoms with Crippen LogP contribution >= 0.6 is 29.5 Å². The van der Waals surface area contributed by atoms with Gasteiger partial charge in [-0.25, -0.2) is 0 Å². The molecule has 0 N–H and O–H groups in total. The zero-order valence-electron chi connectivity index (χ0n) is 9.01. The standard InChI is InChI=1S/C11H12Cl3NTe/c1-15(2)7-10-11(12)8-5-3-4-6-9(8)16(10,13)14/h3-6H,7H2,1-2H3. The van der Waals surface area contributed by atoms with E-state index < -0.39 is 15.9 Å². The predicted octanol–water partition coefficient (Wildman–Crippen LogP) is 2.88. The van der Waals surface area contributed by atoms with Gasteiger partial charge in [0.05, 0.1) is 0 Å². The molecule has 0 radical (unpaired) electrons. The maximum atomic E-state index is 6.59. The molecule has 5 heteroatoms. The van der Waals surface area contributed by atoms with Crippen molar-refractivity contribution in [2.24, 2.45) is 0 Å². The Bertz CT molecular complexity index is 454. The van der Waals surface area contributed by atoms with Crippen LogP contribution in [0.3, 0.4) is 0 Å². The van der Waals surface area contributed by atoms with Gasteiger partial charge in [0.15, 0.2) is 0 Å². The van der Waals surface area contributed by atoms with Crippen molar-refractivity contribution in [1.29, 1.82) is 0 Å². The molecule has 0 aromatic heterocycles. The fraction of sp³-hybridized carbons (Fsp3) is 0.273. The molecule has 0 spiro atoms. The van der Waals surface area contributed by atoms with Crippen molar-refractivity contribution in [2.75, 3.05) is 20.6 Å². The number of nitrogens with zero attached hydrogens (tertiary/aromatic N) is 1. The minimum atomic E-state index is -3.14. The molecule has 0 aliphatic carbocycles. The van der Waals surface area contributed by atoms with Gasteiger partial charge in [-0.2, -0.15) is 0 Å². The number of hydrogen-bond donors (Lipinski definition) is 0. The Labute approximate surface area is 112 Å². The summed E-state index contributed by atoms with van der Waals surface area (Å²) in [7, 11) is 17.2. The number of rotatable bonds is 2. The Kier molecular flexibility index (Phi) is 3.82. The summed E-state index contributed by atoms with van der Waals surface area (Å²) in [6.45, 7) is 0.738. The molecule has 1 aromatic carbocycles. The number of halogens is 3. The molecule has 0 atom stereocenters. The van der Waals surface area contributed by atoms with E-state index >= 15 is 0 Å².